The number of anilines is 1. The fourth-order valence-electron chi connectivity index (χ4n) is 3.35. The molecule has 174 valence electrons. The van der Waals surface area contributed by atoms with Crippen LogP contribution in [0.3, 0.4) is 0 Å². The Morgan fingerprint density at radius 2 is 1.50 bits per heavy atom. The maximum Gasteiger partial charge on any atom is 0.319 e. The highest BCUT2D eigenvalue weighted by Crippen LogP contribution is 2.34. The zero-order chi connectivity index (χ0) is 23.8. The zero-order valence-corrected chi connectivity index (χ0v) is 19.8. The Morgan fingerprint density at radius 1 is 0.882 bits per heavy atom. The van der Waals surface area contributed by atoms with Gasteiger partial charge in [0, 0.05) is 29.1 Å². The fraction of sp³-hybridized carbons (Fsp3) is 0.154. The molecule has 0 fully saturated rings. The molecular formula is C26H26N4O3S. The zero-order valence-electron chi connectivity index (χ0n) is 19.0. The predicted octanol–water partition coefficient (Wildman–Crippen LogP) is 5.67. The van der Waals surface area contributed by atoms with E-state index in [1.165, 1.54) is 0 Å². The molecule has 0 aliphatic rings. The number of hydrogen-bond acceptors (Lipinski definition) is 5. The van der Waals surface area contributed by atoms with Crippen LogP contribution in [-0.2, 0) is 0 Å². The lowest BCUT2D eigenvalue weighted by molar-refractivity contribution is 0.252. The van der Waals surface area contributed by atoms with Gasteiger partial charge in [-0.25, -0.2) is 9.78 Å². The van der Waals surface area contributed by atoms with E-state index in [1.54, 1.807) is 26.0 Å². The molecule has 1 aromatic heterocycles. The van der Waals surface area contributed by atoms with Crippen LogP contribution in [0.25, 0.3) is 22.5 Å². The van der Waals surface area contributed by atoms with Gasteiger partial charge in [0.05, 0.1) is 25.6 Å². The number of rotatable bonds is 9. The second-order valence-corrected chi connectivity index (χ2v) is 8.40. The van der Waals surface area contributed by atoms with Gasteiger partial charge >= 0.3 is 6.03 Å². The van der Waals surface area contributed by atoms with Gasteiger partial charge in [-0.05, 0) is 60.7 Å². The van der Waals surface area contributed by atoms with Gasteiger partial charge in [-0.15, -0.1) is 0 Å². The Kier molecular flexibility index (Phi) is 7.72. The number of aromatic amines is 1. The van der Waals surface area contributed by atoms with Crippen molar-refractivity contribution >= 4 is 23.5 Å². The van der Waals surface area contributed by atoms with Crippen LogP contribution >= 0.6 is 11.8 Å². The molecule has 3 aromatic carbocycles. The maximum atomic E-state index is 12.1. The molecule has 0 aliphatic heterocycles. The molecule has 0 aliphatic carbocycles. The van der Waals surface area contributed by atoms with E-state index in [-0.39, 0.29) is 6.03 Å². The highest BCUT2D eigenvalue weighted by molar-refractivity contribution is 7.99. The highest BCUT2D eigenvalue weighted by atomic mass is 32.2. The molecule has 1 heterocycles. The first-order chi connectivity index (χ1) is 16.7. The quantitative estimate of drug-likeness (QED) is 0.215. The highest BCUT2D eigenvalue weighted by Gasteiger charge is 2.15. The van der Waals surface area contributed by atoms with Gasteiger partial charge in [0.2, 0.25) is 0 Å². The van der Waals surface area contributed by atoms with Gasteiger partial charge in [-0.3, -0.25) is 0 Å². The monoisotopic (exact) mass is 474 g/mol. The van der Waals surface area contributed by atoms with E-state index in [0.717, 1.165) is 44.9 Å². The van der Waals surface area contributed by atoms with Crippen LogP contribution in [0.5, 0.6) is 11.5 Å². The number of amides is 2. The minimum atomic E-state index is -0.232. The van der Waals surface area contributed by atoms with Gasteiger partial charge in [0.1, 0.15) is 11.5 Å². The van der Waals surface area contributed by atoms with Gasteiger partial charge in [-0.2, -0.15) is 0 Å². The number of carbonyl (C=O) groups is 1. The number of para-hydroxylation sites is 1. The van der Waals surface area contributed by atoms with E-state index in [1.807, 2.05) is 78.9 Å². The predicted molar refractivity (Wildman–Crippen MR) is 137 cm³/mol. The lowest BCUT2D eigenvalue weighted by Gasteiger charge is -2.06. The molecule has 0 spiro atoms. The molecule has 2 amide bonds. The van der Waals surface area contributed by atoms with Crippen molar-refractivity contribution < 1.29 is 14.3 Å². The third-order valence-electron chi connectivity index (χ3n) is 5.08. The summed E-state index contributed by atoms with van der Waals surface area (Å²) in [7, 11) is 3.30. The van der Waals surface area contributed by atoms with Crippen LogP contribution in [0.15, 0.2) is 84.0 Å². The van der Waals surface area contributed by atoms with E-state index in [4.69, 9.17) is 14.5 Å². The first-order valence-electron chi connectivity index (χ1n) is 10.8. The fourth-order valence-corrected chi connectivity index (χ4v) is 4.08. The van der Waals surface area contributed by atoms with Crippen molar-refractivity contribution in [2.24, 2.45) is 0 Å². The van der Waals surface area contributed by atoms with Crippen molar-refractivity contribution in [1.29, 1.82) is 0 Å². The number of urea groups is 1. The molecule has 0 atom stereocenters. The van der Waals surface area contributed by atoms with E-state index in [9.17, 15) is 4.79 Å². The van der Waals surface area contributed by atoms with E-state index >= 15 is 0 Å². The van der Waals surface area contributed by atoms with Crippen molar-refractivity contribution in [2.75, 3.05) is 31.8 Å². The lowest BCUT2D eigenvalue weighted by atomic mass is 10.0. The SMILES string of the molecule is COc1ccc(-c2nc(SCCNC(=O)Nc3ccccc3)[nH]c2-c2ccc(OC)cc2)cc1. The number of hydrogen-bond donors (Lipinski definition) is 3. The maximum absolute atomic E-state index is 12.1. The van der Waals surface area contributed by atoms with Crippen LogP contribution in [0.1, 0.15) is 0 Å². The van der Waals surface area contributed by atoms with Crippen LogP contribution < -0.4 is 20.1 Å². The van der Waals surface area contributed by atoms with Crippen molar-refractivity contribution in [3.63, 3.8) is 0 Å². The number of benzene rings is 3. The van der Waals surface area contributed by atoms with E-state index in [0.29, 0.717) is 12.3 Å². The standard InChI is InChI=1S/C26H26N4O3S/c1-32-21-12-8-18(9-13-21)23-24(19-10-14-22(33-2)15-11-19)30-26(29-23)34-17-16-27-25(31)28-20-6-4-3-5-7-20/h3-15H,16-17H2,1-2H3,(H,29,30)(H2,27,28,31). The van der Waals surface area contributed by atoms with Crippen LogP contribution in [0, 0.1) is 0 Å². The molecule has 0 radical (unpaired) electrons. The molecule has 0 saturated heterocycles. The summed E-state index contributed by atoms with van der Waals surface area (Å²) >= 11 is 1.55. The number of ether oxygens (including phenoxy) is 2. The summed E-state index contributed by atoms with van der Waals surface area (Å²) < 4.78 is 10.6. The molecule has 0 saturated carbocycles. The summed E-state index contributed by atoms with van der Waals surface area (Å²) in [5, 5.41) is 6.46. The average Bonchev–Trinajstić information content (AvgIpc) is 3.31. The summed E-state index contributed by atoms with van der Waals surface area (Å²) in [5.41, 5.74) is 4.52. The Balaban J connectivity index is 1.45. The number of H-pyrrole nitrogens is 1. The number of nitrogens with zero attached hydrogens (tertiary/aromatic N) is 1. The summed E-state index contributed by atoms with van der Waals surface area (Å²) in [6.07, 6.45) is 0. The summed E-state index contributed by atoms with van der Waals surface area (Å²) in [5.74, 6) is 2.25. The molecule has 34 heavy (non-hydrogen) atoms. The Morgan fingerprint density at radius 3 is 2.12 bits per heavy atom. The number of methoxy groups -OCH3 is 2. The number of imidazole rings is 1. The third-order valence-corrected chi connectivity index (χ3v) is 5.96. The Hall–Kier alpha value is -3.91. The summed E-state index contributed by atoms with van der Waals surface area (Å²) in [6, 6.07) is 24.8. The summed E-state index contributed by atoms with van der Waals surface area (Å²) in [6.45, 7) is 0.500. The Labute approximate surface area is 202 Å². The van der Waals surface area contributed by atoms with Crippen molar-refractivity contribution in [3.8, 4) is 34.0 Å². The van der Waals surface area contributed by atoms with E-state index in [2.05, 4.69) is 15.6 Å². The van der Waals surface area contributed by atoms with Crippen molar-refractivity contribution in [1.82, 2.24) is 15.3 Å². The third kappa shape index (κ3) is 5.90. The smallest absolute Gasteiger partial charge is 0.319 e. The first kappa shape index (κ1) is 23.3. The van der Waals surface area contributed by atoms with Crippen molar-refractivity contribution in [3.05, 3.63) is 78.9 Å². The second-order valence-electron chi connectivity index (χ2n) is 7.32. The Bertz CT molecular complexity index is 1140. The van der Waals surface area contributed by atoms with E-state index < -0.39 is 0 Å². The number of carbonyl (C=O) groups excluding carboxylic acids is 1. The summed E-state index contributed by atoms with van der Waals surface area (Å²) in [4.78, 5) is 20.4. The second kappa shape index (κ2) is 11.3. The van der Waals surface area contributed by atoms with Gasteiger partial charge in [-0.1, -0.05) is 30.0 Å². The molecular weight excluding hydrogens is 448 g/mol. The topological polar surface area (TPSA) is 88.3 Å². The van der Waals surface area contributed by atoms with Crippen LogP contribution in [0.2, 0.25) is 0 Å². The van der Waals surface area contributed by atoms with Gasteiger partial charge in [0.15, 0.2) is 5.16 Å². The minimum absolute atomic E-state index is 0.232. The number of aromatic nitrogens is 2. The van der Waals surface area contributed by atoms with Crippen molar-refractivity contribution in [2.45, 2.75) is 5.16 Å². The number of nitrogens with one attached hydrogen (secondary N) is 3. The molecule has 4 rings (SSSR count). The molecule has 0 bridgehead atoms. The molecule has 7 nitrogen and oxygen atoms in total. The van der Waals surface area contributed by atoms with Crippen LogP contribution in [0.4, 0.5) is 10.5 Å². The van der Waals surface area contributed by atoms with Gasteiger partial charge < -0.3 is 25.1 Å². The molecule has 4 aromatic rings. The number of thioether (sulfide) groups is 1. The molecule has 0 unspecified atom stereocenters. The van der Waals surface area contributed by atoms with Crippen LogP contribution in [-0.4, -0.2) is 42.5 Å². The minimum Gasteiger partial charge on any atom is -0.497 e. The van der Waals surface area contributed by atoms with Gasteiger partial charge in [0.25, 0.3) is 0 Å². The largest absolute Gasteiger partial charge is 0.497 e. The normalized spacial score (nSPS) is 10.5. The molecule has 8 heteroatoms. The average molecular weight is 475 g/mol. The molecule has 3 N–H and O–H groups in total. The lowest BCUT2D eigenvalue weighted by Crippen LogP contribution is -2.30. The first-order valence-corrected chi connectivity index (χ1v) is 11.8.